The maximum atomic E-state index is 12.5. The summed E-state index contributed by atoms with van der Waals surface area (Å²) in [6, 6.07) is 7.21. The van der Waals surface area contributed by atoms with Gasteiger partial charge < -0.3 is 0 Å². The molecule has 22 heavy (non-hydrogen) atoms. The van der Waals surface area contributed by atoms with Gasteiger partial charge in [0.1, 0.15) is 5.78 Å². The number of rotatable bonds is 7. The van der Waals surface area contributed by atoms with Crippen molar-refractivity contribution in [1.29, 1.82) is 0 Å². The van der Waals surface area contributed by atoms with Crippen molar-refractivity contribution < 1.29 is 13.2 Å². The van der Waals surface area contributed by atoms with Crippen molar-refractivity contribution in [2.75, 3.05) is 13.1 Å². The molecule has 122 valence electrons. The molecule has 1 aliphatic heterocycles. The Kier molecular flexibility index (Phi) is 6.15. The highest BCUT2D eigenvalue weighted by Gasteiger charge is 2.28. The van der Waals surface area contributed by atoms with Crippen molar-refractivity contribution in [3.63, 3.8) is 0 Å². The Labute approximate surface area is 133 Å². The summed E-state index contributed by atoms with van der Waals surface area (Å²) in [6.45, 7) is 2.80. The molecule has 5 heteroatoms. The number of ketones is 1. The fraction of sp³-hybridized carbons (Fsp3) is 0.588. The molecule has 0 aliphatic carbocycles. The van der Waals surface area contributed by atoms with Crippen molar-refractivity contribution >= 4 is 15.8 Å². The molecule has 1 aliphatic rings. The van der Waals surface area contributed by atoms with Gasteiger partial charge in [-0.05, 0) is 30.5 Å². The first-order chi connectivity index (χ1) is 10.5. The standard InChI is InChI=1S/C17H25NO3S/c1-2-3-4-5-6-15-7-9-17(10-8-15)22(20,21)18-13-11-16(19)12-14-18/h7-10H,2-6,11-14H2,1H3. The van der Waals surface area contributed by atoms with Gasteiger partial charge in [0.25, 0.3) is 0 Å². The summed E-state index contributed by atoms with van der Waals surface area (Å²) in [4.78, 5) is 11.6. The lowest BCUT2D eigenvalue weighted by atomic mass is 10.1. The van der Waals surface area contributed by atoms with E-state index in [0.29, 0.717) is 30.8 Å². The molecule has 0 atom stereocenters. The number of benzene rings is 1. The van der Waals surface area contributed by atoms with Gasteiger partial charge in [0.05, 0.1) is 4.90 Å². The van der Waals surface area contributed by atoms with Gasteiger partial charge in [0.15, 0.2) is 0 Å². The van der Waals surface area contributed by atoms with E-state index in [0.717, 1.165) is 12.8 Å². The van der Waals surface area contributed by atoms with Crippen LogP contribution in [0.25, 0.3) is 0 Å². The monoisotopic (exact) mass is 323 g/mol. The molecular formula is C17H25NO3S. The average Bonchev–Trinajstić information content (AvgIpc) is 2.52. The van der Waals surface area contributed by atoms with E-state index in [1.54, 1.807) is 12.1 Å². The van der Waals surface area contributed by atoms with Gasteiger partial charge in [0.2, 0.25) is 10.0 Å². The van der Waals surface area contributed by atoms with E-state index in [4.69, 9.17) is 0 Å². The zero-order valence-corrected chi connectivity index (χ0v) is 14.1. The Morgan fingerprint density at radius 3 is 2.23 bits per heavy atom. The predicted octanol–water partition coefficient (Wildman–Crippen LogP) is 3.16. The van der Waals surface area contributed by atoms with Crippen molar-refractivity contribution in [3.05, 3.63) is 29.8 Å². The van der Waals surface area contributed by atoms with Crippen molar-refractivity contribution in [2.45, 2.75) is 56.8 Å². The van der Waals surface area contributed by atoms with Crippen LogP contribution in [-0.4, -0.2) is 31.6 Å². The van der Waals surface area contributed by atoms with Gasteiger partial charge in [-0.1, -0.05) is 38.3 Å². The van der Waals surface area contributed by atoms with Crippen molar-refractivity contribution in [3.8, 4) is 0 Å². The lowest BCUT2D eigenvalue weighted by Gasteiger charge is -2.25. The third-order valence-electron chi connectivity index (χ3n) is 4.16. The predicted molar refractivity (Wildman–Crippen MR) is 87.3 cm³/mol. The lowest BCUT2D eigenvalue weighted by Crippen LogP contribution is -2.38. The Hall–Kier alpha value is -1.20. The second-order valence-electron chi connectivity index (χ2n) is 5.90. The number of carbonyl (C=O) groups is 1. The zero-order chi connectivity index (χ0) is 16.0. The molecule has 1 aromatic carbocycles. The fourth-order valence-corrected chi connectivity index (χ4v) is 4.15. The summed E-state index contributed by atoms with van der Waals surface area (Å²) in [5, 5.41) is 0. The van der Waals surface area contributed by atoms with Crippen molar-refractivity contribution in [2.24, 2.45) is 0 Å². The lowest BCUT2D eigenvalue weighted by molar-refractivity contribution is -0.120. The summed E-state index contributed by atoms with van der Waals surface area (Å²) in [7, 11) is -3.45. The topological polar surface area (TPSA) is 54.5 Å². The van der Waals surface area contributed by atoms with Crippen LogP contribution in [0.15, 0.2) is 29.2 Å². The Morgan fingerprint density at radius 1 is 1.00 bits per heavy atom. The largest absolute Gasteiger partial charge is 0.300 e. The van der Waals surface area contributed by atoms with E-state index in [9.17, 15) is 13.2 Å². The van der Waals surface area contributed by atoms with Gasteiger partial charge in [-0.2, -0.15) is 4.31 Å². The SMILES string of the molecule is CCCCCCc1ccc(S(=O)(=O)N2CCC(=O)CC2)cc1. The molecule has 0 spiro atoms. The van der Waals surface area contributed by atoms with Crippen LogP contribution in [-0.2, 0) is 21.2 Å². The van der Waals surface area contributed by atoms with E-state index >= 15 is 0 Å². The van der Waals surface area contributed by atoms with Crippen LogP contribution in [0.3, 0.4) is 0 Å². The van der Waals surface area contributed by atoms with E-state index in [2.05, 4.69) is 6.92 Å². The van der Waals surface area contributed by atoms with Crippen LogP contribution in [0.4, 0.5) is 0 Å². The smallest absolute Gasteiger partial charge is 0.243 e. The molecule has 0 N–H and O–H groups in total. The third kappa shape index (κ3) is 4.40. The molecule has 4 nitrogen and oxygen atoms in total. The second-order valence-corrected chi connectivity index (χ2v) is 7.84. The molecule has 0 amide bonds. The molecule has 0 aromatic heterocycles. The summed E-state index contributed by atoms with van der Waals surface area (Å²) >= 11 is 0. The first-order valence-electron chi connectivity index (χ1n) is 8.15. The summed E-state index contributed by atoms with van der Waals surface area (Å²) in [6.07, 6.45) is 6.49. The number of aryl methyl sites for hydroxylation is 1. The second kappa shape index (κ2) is 7.88. The molecule has 0 unspecified atom stereocenters. The first-order valence-corrected chi connectivity index (χ1v) is 9.59. The Morgan fingerprint density at radius 2 is 1.64 bits per heavy atom. The summed E-state index contributed by atoms with van der Waals surface area (Å²) < 4.78 is 26.5. The molecular weight excluding hydrogens is 298 g/mol. The van der Waals surface area contributed by atoms with Crippen LogP contribution in [0, 0.1) is 0 Å². The highest BCUT2D eigenvalue weighted by molar-refractivity contribution is 7.89. The van der Waals surface area contributed by atoms with Gasteiger partial charge in [-0.25, -0.2) is 8.42 Å². The number of Topliss-reactive ketones (excluding diaryl/α,β-unsaturated/α-hetero) is 1. The normalized spacial score (nSPS) is 16.9. The molecule has 1 saturated heterocycles. The Bertz CT molecular complexity index is 583. The van der Waals surface area contributed by atoms with E-state index in [1.807, 2.05) is 12.1 Å². The number of sulfonamides is 1. The molecule has 2 rings (SSSR count). The fourth-order valence-electron chi connectivity index (χ4n) is 2.71. The molecule has 0 saturated carbocycles. The van der Waals surface area contributed by atoms with Gasteiger partial charge >= 0.3 is 0 Å². The van der Waals surface area contributed by atoms with E-state index in [-0.39, 0.29) is 5.78 Å². The number of hydrogen-bond donors (Lipinski definition) is 0. The van der Waals surface area contributed by atoms with Gasteiger partial charge in [0, 0.05) is 25.9 Å². The molecule has 1 heterocycles. The molecule has 0 radical (unpaired) electrons. The number of piperidine rings is 1. The highest BCUT2D eigenvalue weighted by Crippen LogP contribution is 2.20. The van der Waals surface area contributed by atoms with E-state index in [1.165, 1.54) is 29.1 Å². The number of carbonyl (C=O) groups excluding carboxylic acids is 1. The van der Waals surface area contributed by atoms with Crippen LogP contribution >= 0.6 is 0 Å². The first kappa shape index (κ1) is 17.2. The maximum Gasteiger partial charge on any atom is 0.243 e. The molecule has 1 fully saturated rings. The minimum Gasteiger partial charge on any atom is -0.300 e. The maximum absolute atomic E-state index is 12.5. The van der Waals surface area contributed by atoms with Crippen LogP contribution in [0.5, 0.6) is 0 Å². The van der Waals surface area contributed by atoms with Crippen LogP contribution in [0.2, 0.25) is 0 Å². The van der Waals surface area contributed by atoms with Crippen molar-refractivity contribution in [1.82, 2.24) is 4.31 Å². The van der Waals surface area contributed by atoms with Crippen LogP contribution in [0.1, 0.15) is 51.0 Å². The quantitative estimate of drug-likeness (QED) is 0.724. The third-order valence-corrected chi connectivity index (χ3v) is 6.07. The highest BCUT2D eigenvalue weighted by atomic mass is 32.2. The average molecular weight is 323 g/mol. The summed E-state index contributed by atoms with van der Waals surface area (Å²) in [5.74, 6) is 0.147. The number of nitrogens with zero attached hydrogens (tertiary/aromatic N) is 1. The zero-order valence-electron chi connectivity index (χ0n) is 13.3. The van der Waals surface area contributed by atoms with Crippen LogP contribution < -0.4 is 0 Å². The Balaban J connectivity index is 1.98. The molecule has 1 aromatic rings. The summed E-state index contributed by atoms with van der Waals surface area (Å²) in [5.41, 5.74) is 1.18. The molecule has 0 bridgehead atoms. The number of hydrogen-bond acceptors (Lipinski definition) is 3. The minimum absolute atomic E-state index is 0.147. The van der Waals surface area contributed by atoms with Gasteiger partial charge in [-0.3, -0.25) is 4.79 Å². The van der Waals surface area contributed by atoms with E-state index < -0.39 is 10.0 Å². The minimum atomic E-state index is -3.45. The number of unbranched alkanes of at least 4 members (excludes halogenated alkanes) is 3. The van der Waals surface area contributed by atoms with Gasteiger partial charge in [-0.15, -0.1) is 0 Å².